The maximum Gasteiger partial charge on any atom is 0.205 e. The van der Waals surface area contributed by atoms with Gasteiger partial charge in [-0.15, -0.1) is 10.2 Å². The van der Waals surface area contributed by atoms with Crippen LogP contribution in [0, 0.1) is 12.8 Å². The topological polar surface area (TPSA) is 47.0 Å². The minimum Gasteiger partial charge on any atom is -0.494 e. The molecule has 0 spiro atoms. The lowest BCUT2D eigenvalue weighted by Crippen LogP contribution is -2.02. The van der Waals surface area contributed by atoms with Crippen LogP contribution in [-0.2, 0) is 6.54 Å². The molecule has 1 heterocycles. The van der Waals surface area contributed by atoms with Gasteiger partial charge in [-0.05, 0) is 37.0 Å². The van der Waals surface area contributed by atoms with Crippen LogP contribution in [0.3, 0.4) is 0 Å². The number of aromatic nitrogens is 2. The number of nitrogens with one attached hydrogen (secondary N) is 1. The van der Waals surface area contributed by atoms with Crippen molar-refractivity contribution in [3.05, 3.63) is 34.8 Å². The van der Waals surface area contributed by atoms with E-state index in [0.717, 1.165) is 35.5 Å². The largest absolute Gasteiger partial charge is 0.494 e. The number of anilines is 1. The van der Waals surface area contributed by atoms with E-state index in [9.17, 15) is 0 Å². The highest BCUT2D eigenvalue weighted by atomic mass is 32.1. The molecule has 4 nitrogen and oxygen atoms in total. The van der Waals surface area contributed by atoms with E-state index in [4.69, 9.17) is 4.74 Å². The van der Waals surface area contributed by atoms with E-state index in [0.29, 0.717) is 5.92 Å². The summed E-state index contributed by atoms with van der Waals surface area (Å²) in [6.07, 6.45) is 1.08. The molecule has 0 bridgehead atoms. The number of rotatable bonds is 7. The zero-order valence-corrected chi connectivity index (χ0v) is 13.0. The van der Waals surface area contributed by atoms with Gasteiger partial charge in [0.1, 0.15) is 10.8 Å². The molecule has 2 aromatic rings. The van der Waals surface area contributed by atoms with Gasteiger partial charge in [-0.25, -0.2) is 0 Å². The summed E-state index contributed by atoms with van der Waals surface area (Å²) in [5, 5.41) is 13.1. The van der Waals surface area contributed by atoms with Gasteiger partial charge in [-0.3, -0.25) is 0 Å². The summed E-state index contributed by atoms with van der Waals surface area (Å²) in [6.45, 7) is 7.88. The van der Waals surface area contributed by atoms with E-state index < -0.39 is 0 Å². The number of ether oxygens (including phenoxy) is 1. The quantitative estimate of drug-likeness (QED) is 0.841. The van der Waals surface area contributed by atoms with Gasteiger partial charge in [0.05, 0.1) is 6.61 Å². The third-order valence-corrected chi connectivity index (χ3v) is 3.65. The van der Waals surface area contributed by atoms with Crippen molar-refractivity contribution in [1.82, 2.24) is 10.2 Å². The highest BCUT2D eigenvalue weighted by Crippen LogP contribution is 2.17. The Balaban J connectivity index is 1.79. The van der Waals surface area contributed by atoms with Gasteiger partial charge < -0.3 is 10.1 Å². The van der Waals surface area contributed by atoms with Crippen LogP contribution >= 0.6 is 11.3 Å². The van der Waals surface area contributed by atoms with Crippen molar-refractivity contribution in [3.63, 3.8) is 0 Å². The number of hydrogen-bond acceptors (Lipinski definition) is 5. The van der Waals surface area contributed by atoms with Gasteiger partial charge in [0, 0.05) is 6.54 Å². The van der Waals surface area contributed by atoms with Crippen molar-refractivity contribution in [2.75, 3.05) is 11.9 Å². The Hall–Kier alpha value is -1.62. The Morgan fingerprint density at radius 2 is 1.95 bits per heavy atom. The van der Waals surface area contributed by atoms with E-state index >= 15 is 0 Å². The third-order valence-electron chi connectivity index (χ3n) is 2.86. The minimum atomic E-state index is 0.675. The molecule has 108 valence electrons. The van der Waals surface area contributed by atoms with Crippen LogP contribution in [-0.4, -0.2) is 16.8 Å². The molecule has 0 unspecified atom stereocenters. The average molecular weight is 291 g/mol. The summed E-state index contributed by atoms with van der Waals surface area (Å²) >= 11 is 1.57. The molecule has 0 saturated carbocycles. The van der Waals surface area contributed by atoms with Gasteiger partial charge in [0.25, 0.3) is 0 Å². The van der Waals surface area contributed by atoms with Gasteiger partial charge in [0.2, 0.25) is 5.13 Å². The smallest absolute Gasteiger partial charge is 0.205 e. The molecule has 0 saturated heterocycles. The second-order valence-electron chi connectivity index (χ2n) is 5.15. The predicted octanol–water partition coefficient (Wildman–Crippen LogP) is 3.88. The molecule has 0 aliphatic rings. The molecule has 5 heteroatoms. The summed E-state index contributed by atoms with van der Waals surface area (Å²) in [6, 6.07) is 8.18. The Kier molecular flexibility index (Phi) is 5.35. The van der Waals surface area contributed by atoms with Crippen LogP contribution < -0.4 is 10.1 Å². The van der Waals surface area contributed by atoms with Gasteiger partial charge in [0.15, 0.2) is 0 Å². The van der Waals surface area contributed by atoms with Gasteiger partial charge in [-0.2, -0.15) is 0 Å². The Morgan fingerprint density at radius 3 is 2.55 bits per heavy atom. The van der Waals surface area contributed by atoms with Crippen LogP contribution in [0.1, 0.15) is 30.8 Å². The normalized spacial score (nSPS) is 10.8. The lowest BCUT2D eigenvalue weighted by atomic mass is 10.1. The zero-order chi connectivity index (χ0) is 14.4. The fraction of sp³-hybridized carbons (Fsp3) is 0.467. The Bertz CT molecular complexity index is 522. The molecule has 2 rings (SSSR count). The third kappa shape index (κ3) is 4.81. The van der Waals surface area contributed by atoms with Gasteiger partial charge >= 0.3 is 0 Å². The predicted molar refractivity (Wildman–Crippen MR) is 83.4 cm³/mol. The fourth-order valence-corrected chi connectivity index (χ4v) is 2.25. The zero-order valence-electron chi connectivity index (χ0n) is 12.2. The molecule has 1 aromatic carbocycles. The van der Waals surface area contributed by atoms with E-state index in [1.807, 2.05) is 19.1 Å². The van der Waals surface area contributed by atoms with Crippen LogP contribution in [0.5, 0.6) is 5.75 Å². The van der Waals surface area contributed by atoms with Crippen molar-refractivity contribution in [2.24, 2.45) is 5.92 Å². The highest BCUT2D eigenvalue weighted by molar-refractivity contribution is 7.15. The van der Waals surface area contributed by atoms with E-state index in [1.165, 1.54) is 5.56 Å². The number of aryl methyl sites for hydroxylation is 1. The molecule has 0 aliphatic heterocycles. The second-order valence-corrected chi connectivity index (χ2v) is 6.34. The summed E-state index contributed by atoms with van der Waals surface area (Å²) in [5.74, 6) is 1.61. The minimum absolute atomic E-state index is 0.675. The molecule has 1 N–H and O–H groups in total. The molecule has 1 aromatic heterocycles. The van der Waals surface area contributed by atoms with E-state index in [-0.39, 0.29) is 0 Å². The summed E-state index contributed by atoms with van der Waals surface area (Å²) < 4.78 is 5.70. The monoisotopic (exact) mass is 291 g/mol. The molecular formula is C15H21N3OS. The number of hydrogen-bond donors (Lipinski definition) is 1. The first-order valence-electron chi connectivity index (χ1n) is 6.89. The van der Waals surface area contributed by atoms with Crippen molar-refractivity contribution in [1.29, 1.82) is 0 Å². The standard InChI is InChI=1S/C15H21N3OS/c1-11(2)8-9-19-14-6-4-13(5-7-14)10-16-15-18-17-12(3)20-15/h4-7,11H,8-10H2,1-3H3,(H,16,18). The summed E-state index contributed by atoms with van der Waals surface area (Å²) in [4.78, 5) is 0. The maximum absolute atomic E-state index is 5.70. The molecule has 0 atom stereocenters. The van der Waals surface area contributed by atoms with E-state index in [1.54, 1.807) is 11.3 Å². The Labute approximate surface area is 124 Å². The lowest BCUT2D eigenvalue weighted by molar-refractivity contribution is 0.289. The number of nitrogens with zero attached hydrogens (tertiary/aromatic N) is 2. The van der Waals surface area contributed by atoms with Crippen LogP contribution in [0.25, 0.3) is 0 Å². The van der Waals surface area contributed by atoms with Crippen molar-refractivity contribution < 1.29 is 4.74 Å². The van der Waals surface area contributed by atoms with E-state index in [2.05, 4.69) is 41.5 Å². The van der Waals surface area contributed by atoms with Gasteiger partial charge in [-0.1, -0.05) is 37.3 Å². The lowest BCUT2D eigenvalue weighted by Gasteiger charge is -2.09. The molecule has 0 radical (unpaired) electrons. The second kappa shape index (κ2) is 7.24. The van der Waals surface area contributed by atoms with Crippen molar-refractivity contribution >= 4 is 16.5 Å². The van der Waals surface area contributed by atoms with Crippen LogP contribution in [0.4, 0.5) is 5.13 Å². The molecule has 0 amide bonds. The average Bonchev–Trinajstić information content (AvgIpc) is 2.83. The van der Waals surface area contributed by atoms with Crippen LogP contribution in [0.15, 0.2) is 24.3 Å². The molecule has 0 aliphatic carbocycles. The van der Waals surface area contributed by atoms with Crippen molar-refractivity contribution in [3.8, 4) is 5.75 Å². The molecule has 0 fully saturated rings. The first-order valence-corrected chi connectivity index (χ1v) is 7.71. The fourth-order valence-electron chi connectivity index (χ4n) is 1.66. The van der Waals surface area contributed by atoms with Crippen LogP contribution in [0.2, 0.25) is 0 Å². The first-order chi connectivity index (χ1) is 9.63. The Morgan fingerprint density at radius 1 is 1.20 bits per heavy atom. The van der Waals surface area contributed by atoms with Crippen molar-refractivity contribution in [2.45, 2.75) is 33.7 Å². The summed E-state index contributed by atoms with van der Waals surface area (Å²) in [5.41, 5.74) is 1.20. The number of benzene rings is 1. The molecular weight excluding hydrogens is 270 g/mol. The maximum atomic E-state index is 5.70. The first kappa shape index (κ1) is 14.8. The molecule has 20 heavy (non-hydrogen) atoms. The summed E-state index contributed by atoms with van der Waals surface area (Å²) in [7, 11) is 0. The highest BCUT2D eigenvalue weighted by Gasteiger charge is 2.01. The SMILES string of the molecule is Cc1nnc(NCc2ccc(OCCC(C)C)cc2)s1.